The Bertz CT molecular complexity index is 592. The van der Waals surface area contributed by atoms with Crippen molar-refractivity contribution in [3.05, 3.63) is 36.0 Å². The molecule has 7 heteroatoms. The van der Waals surface area contributed by atoms with Gasteiger partial charge in [-0.15, -0.1) is 0 Å². The number of anilines is 3. The second-order valence-corrected chi connectivity index (χ2v) is 3.64. The van der Waals surface area contributed by atoms with E-state index in [1.165, 1.54) is 19.2 Å². The Hall–Kier alpha value is -2.44. The first-order valence-electron chi connectivity index (χ1n) is 5.44. The van der Waals surface area contributed by atoms with Gasteiger partial charge in [0.2, 0.25) is 5.95 Å². The maximum Gasteiger partial charge on any atom is 0.229 e. The van der Waals surface area contributed by atoms with Crippen LogP contribution in [0.2, 0.25) is 0 Å². The molecule has 1 heterocycles. The molecule has 1 aromatic heterocycles. The monoisotopic (exact) mass is 266 g/mol. The molecule has 5 nitrogen and oxygen atoms in total. The van der Waals surface area contributed by atoms with E-state index in [0.717, 1.165) is 6.20 Å². The minimum Gasteiger partial charge on any atom is -0.497 e. The van der Waals surface area contributed by atoms with Crippen molar-refractivity contribution in [1.29, 1.82) is 0 Å². The van der Waals surface area contributed by atoms with Crippen molar-refractivity contribution in [2.24, 2.45) is 0 Å². The van der Waals surface area contributed by atoms with Crippen LogP contribution in [-0.2, 0) is 0 Å². The van der Waals surface area contributed by atoms with Gasteiger partial charge >= 0.3 is 0 Å². The zero-order valence-electron chi connectivity index (χ0n) is 10.4. The van der Waals surface area contributed by atoms with Gasteiger partial charge in [0, 0.05) is 24.9 Å². The van der Waals surface area contributed by atoms with Crippen LogP contribution in [-0.4, -0.2) is 24.1 Å². The van der Waals surface area contributed by atoms with Gasteiger partial charge in [0.15, 0.2) is 11.6 Å². The standard InChI is InChI=1S/C12H12F2N4O/c1-15-11-10(14)6-16-12(18-11)17-8-3-7(13)4-9(5-8)19-2/h3-6H,1-2H3,(H2,15,16,17,18). The smallest absolute Gasteiger partial charge is 0.229 e. The van der Waals surface area contributed by atoms with Crippen LogP contribution >= 0.6 is 0 Å². The molecule has 2 rings (SSSR count). The highest BCUT2D eigenvalue weighted by molar-refractivity contribution is 5.57. The van der Waals surface area contributed by atoms with Crippen molar-refractivity contribution in [3.63, 3.8) is 0 Å². The molecule has 0 amide bonds. The molecular weight excluding hydrogens is 254 g/mol. The maximum atomic E-state index is 13.3. The number of aromatic nitrogens is 2. The summed E-state index contributed by atoms with van der Waals surface area (Å²) in [6.45, 7) is 0. The number of nitrogens with zero attached hydrogens (tertiary/aromatic N) is 2. The molecule has 0 aliphatic carbocycles. The quantitative estimate of drug-likeness (QED) is 0.890. The Morgan fingerprint density at radius 1 is 1.21 bits per heavy atom. The van der Waals surface area contributed by atoms with Crippen LogP contribution in [0.25, 0.3) is 0 Å². The van der Waals surface area contributed by atoms with Crippen LogP contribution in [0.15, 0.2) is 24.4 Å². The molecule has 1 aromatic carbocycles. The molecular formula is C12H12F2N4O. The van der Waals surface area contributed by atoms with Gasteiger partial charge in [-0.1, -0.05) is 0 Å². The average molecular weight is 266 g/mol. The van der Waals surface area contributed by atoms with E-state index in [0.29, 0.717) is 11.4 Å². The SMILES string of the molecule is CNc1nc(Nc2cc(F)cc(OC)c2)ncc1F. The highest BCUT2D eigenvalue weighted by Gasteiger charge is 2.07. The summed E-state index contributed by atoms with van der Waals surface area (Å²) in [7, 11) is 2.98. The van der Waals surface area contributed by atoms with Gasteiger partial charge in [-0.3, -0.25) is 0 Å². The van der Waals surface area contributed by atoms with Crippen LogP contribution in [0, 0.1) is 11.6 Å². The molecule has 0 aliphatic heterocycles. The number of ether oxygens (including phenoxy) is 1. The van der Waals surface area contributed by atoms with Crippen molar-refractivity contribution < 1.29 is 13.5 Å². The summed E-state index contributed by atoms with van der Waals surface area (Å²) in [5.74, 6) is -0.458. The van der Waals surface area contributed by atoms with E-state index in [9.17, 15) is 8.78 Å². The number of methoxy groups -OCH3 is 1. The van der Waals surface area contributed by atoms with Crippen LogP contribution in [0.5, 0.6) is 5.75 Å². The summed E-state index contributed by atoms with van der Waals surface area (Å²) in [6, 6.07) is 4.08. The molecule has 100 valence electrons. The molecule has 0 saturated carbocycles. The van der Waals surface area contributed by atoms with E-state index < -0.39 is 11.6 Å². The minimum absolute atomic E-state index is 0.0564. The molecule has 0 bridgehead atoms. The van der Waals surface area contributed by atoms with E-state index in [2.05, 4.69) is 20.6 Å². The zero-order valence-corrected chi connectivity index (χ0v) is 10.4. The van der Waals surface area contributed by atoms with Crippen LogP contribution in [0.3, 0.4) is 0 Å². The molecule has 2 N–H and O–H groups in total. The van der Waals surface area contributed by atoms with Gasteiger partial charge in [0.25, 0.3) is 0 Å². The number of nitrogens with one attached hydrogen (secondary N) is 2. The first-order valence-corrected chi connectivity index (χ1v) is 5.44. The molecule has 2 aromatic rings. The minimum atomic E-state index is -0.565. The highest BCUT2D eigenvalue weighted by atomic mass is 19.1. The third-order valence-electron chi connectivity index (χ3n) is 2.34. The van der Waals surface area contributed by atoms with E-state index in [-0.39, 0.29) is 11.8 Å². The lowest BCUT2D eigenvalue weighted by Gasteiger charge is -2.08. The van der Waals surface area contributed by atoms with Crippen molar-refractivity contribution in [2.45, 2.75) is 0 Å². The largest absolute Gasteiger partial charge is 0.497 e. The predicted molar refractivity (Wildman–Crippen MR) is 67.8 cm³/mol. The van der Waals surface area contributed by atoms with Crippen molar-refractivity contribution in [3.8, 4) is 5.75 Å². The molecule has 0 radical (unpaired) electrons. The van der Waals surface area contributed by atoms with Crippen molar-refractivity contribution >= 4 is 17.5 Å². The average Bonchev–Trinajstić information content (AvgIpc) is 2.40. The summed E-state index contributed by atoms with van der Waals surface area (Å²) in [5, 5.41) is 5.36. The summed E-state index contributed by atoms with van der Waals surface area (Å²) in [5.41, 5.74) is 0.408. The number of hydrogen-bond acceptors (Lipinski definition) is 5. The molecule has 19 heavy (non-hydrogen) atoms. The lowest BCUT2D eigenvalue weighted by atomic mass is 10.3. The van der Waals surface area contributed by atoms with Gasteiger partial charge in [-0.25, -0.2) is 13.8 Å². The fourth-order valence-electron chi connectivity index (χ4n) is 1.48. The predicted octanol–water partition coefficient (Wildman–Crippen LogP) is 2.55. The van der Waals surface area contributed by atoms with E-state index in [1.807, 2.05) is 0 Å². The van der Waals surface area contributed by atoms with Crippen molar-refractivity contribution in [2.75, 3.05) is 24.8 Å². The van der Waals surface area contributed by atoms with Crippen molar-refractivity contribution in [1.82, 2.24) is 9.97 Å². The summed E-state index contributed by atoms with van der Waals surface area (Å²) >= 11 is 0. The third-order valence-corrected chi connectivity index (χ3v) is 2.34. The van der Waals surface area contributed by atoms with E-state index in [4.69, 9.17) is 4.74 Å². The normalized spacial score (nSPS) is 10.1. The fourth-order valence-corrected chi connectivity index (χ4v) is 1.48. The van der Waals surface area contributed by atoms with Crippen LogP contribution < -0.4 is 15.4 Å². The van der Waals surface area contributed by atoms with E-state index in [1.54, 1.807) is 13.1 Å². The topological polar surface area (TPSA) is 59.1 Å². The van der Waals surface area contributed by atoms with E-state index >= 15 is 0 Å². The summed E-state index contributed by atoms with van der Waals surface area (Å²) in [4.78, 5) is 7.67. The van der Waals surface area contributed by atoms with Crippen LogP contribution in [0.1, 0.15) is 0 Å². The van der Waals surface area contributed by atoms with Gasteiger partial charge < -0.3 is 15.4 Å². The van der Waals surface area contributed by atoms with Gasteiger partial charge in [-0.05, 0) is 6.07 Å². The van der Waals surface area contributed by atoms with Crippen LogP contribution in [0.4, 0.5) is 26.2 Å². The number of rotatable bonds is 4. The second-order valence-electron chi connectivity index (χ2n) is 3.64. The van der Waals surface area contributed by atoms with Gasteiger partial charge in [0.1, 0.15) is 11.6 Å². The lowest BCUT2D eigenvalue weighted by Crippen LogP contribution is -2.03. The molecule has 0 spiro atoms. The second kappa shape index (κ2) is 5.47. The lowest BCUT2D eigenvalue weighted by molar-refractivity contribution is 0.411. The zero-order chi connectivity index (χ0) is 13.8. The highest BCUT2D eigenvalue weighted by Crippen LogP contribution is 2.22. The number of hydrogen-bond donors (Lipinski definition) is 2. The Balaban J connectivity index is 2.28. The van der Waals surface area contributed by atoms with Gasteiger partial charge in [0.05, 0.1) is 13.3 Å². The molecule has 0 saturated heterocycles. The fraction of sp³-hybridized carbons (Fsp3) is 0.167. The molecule has 0 aliphatic rings. The maximum absolute atomic E-state index is 13.3. The number of benzene rings is 1. The Morgan fingerprint density at radius 2 is 2.00 bits per heavy atom. The number of halogens is 2. The molecule has 0 unspecified atom stereocenters. The summed E-state index contributed by atoms with van der Waals surface area (Å²) in [6.07, 6.45) is 1.03. The Morgan fingerprint density at radius 3 is 2.68 bits per heavy atom. The molecule has 0 fully saturated rings. The van der Waals surface area contributed by atoms with Gasteiger partial charge in [-0.2, -0.15) is 4.98 Å². The molecule has 0 atom stereocenters. The third kappa shape index (κ3) is 3.06. The first-order chi connectivity index (χ1) is 9.12. The summed E-state index contributed by atoms with van der Waals surface area (Å²) < 4.78 is 31.4. The first kappa shape index (κ1) is 13.0. The Labute approximate surface area is 108 Å². The Kier molecular flexibility index (Phi) is 3.74.